The molecule has 0 spiro atoms. The Balaban J connectivity index is 1.58. The molecule has 4 aromatic rings. The molecule has 162 valence electrons. The summed E-state index contributed by atoms with van der Waals surface area (Å²) in [5.74, 6) is 1.19. The van der Waals surface area contributed by atoms with E-state index in [1.807, 2.05) is 72.8 Å². The fraction of sp³-hybridized carbons (Fsp3) is 0.192. The van der Waals surface area contributed by atoms with Gasteiger partial charge in [0.2, 0.25) is 11.8 Å². The quantitative estimate of drug-likeness (QED) is 0.425. The van der Waals surface area contributed by atoms with Crippen molar-refractivity contribution in [1.29, 1.82) is 0 Å². The van der Waals surface area contributed by atoms with Gasteiger partial charge in [-0.1, -0.05) is 51.1 Å². The van der Waals surface area contributed by atoms with Crippen molar-refractivity contribution in [3.05, 3.63) is 83.9 Å². The van der Waals surface area contributed by atoms with Crippen LogP contribution in [-0.4, -0.2) is 23.2 Å². The van der Waals surface area contributed by atoms with Crippen LogP contribution in [0.25, 0.3) is 22.9 Å². The number of hydrogen-bond acceptors (Lipinski definition) is 5. The van der Waals surface area contributed by atoms with E-state index in [4.69, 9.17) is 9.15 Å². The van der Waals surface area contributed by atoms with Gasteiger partial charge in [0, 0.05) is 11.1 Å². The lowest BCUT2D eigenvalue weighted by Crippen LogP contribution is -2.14. The van der Waals surface area contributed by atoms with E-state index in [1.54, 1.807) is 7.11 Å². The Morgan fingerprint density at radius 2 is 1.62 bits per heavy atom. The molecule has 6 nitrogen and oxygen atoms in total. The molecule has 0 aliphatic heterocycles. The molecule has 32 heavy (non-hydrogen) atoms. The Hall–Kier alpha value is -3.93. The number of para-hydroxylation sites is 1. The average Bonchev–Trinajstić information content (AvgIpc) is 3.29. The lowest BCUT2D eigenvalue weighted by molar-refractivity contribution is 0.102. The summed E-state index contributed by atoms with van der Waals surface area (Å²) in [6.45, 7) is 6.42. The number of ether oxygens (including phenoxy) is 1. The number of hydrogen-bond donors (Lipinski definition) is 1. The molecule has 1 N–H and O–H groups in total. The van der Waals surface area contributed by atoms with Crippen molar-refractivity contribution in [1.82, 2.24) is 10.2 Å². The third-order valence-corrected chi connectivity index (χ3v) is 5.16. The first-order chi connectivity index (χ1) is 15.3. The predicted octanol–water partition coefficient (Wildman–Crippen LogP) is 5.96. The fourth-order valence-corrected chi connectivity index (χ4v) is 3.30. The summed E-state index contributed by atoms with van der Waals surface area (Å²) in [5, 5.41) is 11.3. The standard InChI is InChI=1S/C26H25N3O3/c1-26(2,3)19-14-12-17(13-15-19)23(30)27-22-11-6-5-10-21(22)25-29-28-24(32-25)18-8-7-9-20(16-18)31-4/h5-16H,1-4H3,(H,27,30). The smallest absolute Gasteiger partial charge is 0.255 e. The van der Waals surface area contributed by atoms with Crippen molar-refractivity contribution >= 4 is 11.6 Å². The van der Waals surface area contributed by atoms with Gasteiger partial charge in [-0.15, -0.1) is 10.2 Å². The first-order valence-electron chi connectivity index (χ1n) is 10.3. The molecule has 1 heterocycles. The number of carbonyl (C=O) groups is 1. The average molecular weight is 428 g/mol. The molecular weight excluding hydrogens is 402 g/mol. The van der Waals surface area contributed by atoms with Gasteiger partial charge in [0.1, 0.15) is 5.75 Å². The van der Waals surface area contributed by atoms with Crippen LogP contribution in [0.2, 0.25) is 0 Å². The number of carbonyl (C=O) groups excluding carboxylic acids is 1. The van der Waals surface area contributed by atoms with E-state index in [0.717, 1.165) is 5.56 Å². The van der Waals surface area contributed by atoms with Crippen LogP contribution in [-0.2, 0) is 5.41 Å². The van der Waals surface area contributed by atoms with Crippen LogP contribution in [0.5, 0.6) is 5.75 Å². The summed E-state index contributed by atoms with van der Waals surface area (Å²) in [6.07, 6.45) is 0. The van der Waals surface area contributed by atoms with E-state index in [9.17, 15) is 4.79 Å². The van der Waals surface area contributed by atoms with Crippen molar-refractivity contribution in [2.24, 2.45) is 0 Å². The molecule has 0 saturated carbocycles. The second kappa shape index (κ2) is 8.67. The summed E-state index contributed by atoms with van der Waals surface area (Å²) in [5.41, 5.74) is 3.77. The number of aromatic nitrogens is 2. The minimum atomic E-state index is -0.203. The zero-order valence-corrected chi connectivity index (χ0v) is 18.5. The highest BCUT2D eigenvalue weighted by atomic mass is 16.5. The lowest BCUT2D eigenvalue weighted by atomic mass is 9.87. The summed E-state index contributed by atoms with van der Waals surface area (Å²) in [6, 6.07) is 22.4. The van der Waals surface area contributed by atoms with E-state index >= 15 is 0 Å². The van der Waals surface area contributed by atoms with Crippen LogP contribution in [0.3, 0.4) is 0 Å². The van der Waals surface area contributed by atoms with Crippen LogP contribution < -0.4 is 10.1 Å². The molecule has 0 atom stereocenters. The van der Waals surface area contributed by atoms with E-state index in [0.29, 0.717) is 34.3 Å². The highest BCUT2D eigenvalue weighted by Crippen LogP contribution is 2.31. The Morgan fingerprint density at radius 3 is 2.34 bits per heavy atom. The van der Waals surface area contributed by atoms with Crippen molar-refractivity contribution in [2.75, 3.05) is 12.4 Å². The normalized spacial score (nSPS) is 11.2. The van der Waals surface area contributed by atoms with Crippen LogP contribution in [0.15, 0.2) is 77.2 Å². The first kappa shape index (κ1) is 21.3. The Morgan fingerprint density at radius 1 is 0.906 bits per heavy atom. The topological polar surface area (TPSA) is 77.3 Å². The molecule has 3 aromatic carbocycles. The second-order valence-corrected chi connectivity index (χ2v) is 8.47. The molecule has 0 radical (unpaired) electrons. The van der Waals surface area contributed by atoms with E-state index in [2.05, 4.69) is 36.3 Å². The number of methoxy groups -OCH3 is 1. The van der Waals surface area contributed by atoms with E-state index in [-0.39, 0.29) is 11.3 Å². The third kappa shape index (κ3) is 4.54. The maximum atomic E-state index is 12.9. The zero-order valence-electron chi connectivity index (χ0n) is 18.5. The molecule has 0 fully saturated rings. The maximum Gasteiger partial charge on any atom is 0.255 e. The SMILES string of the molecule is COc1cccc(-c2nnc(-c3ccccc3NC(=O)c3ccc(C(C)(C)C)cc3)o2)c1. The van der Waals surface area contributed by atoms with Gasteiger partial charge in [-0.2, -0.15) is 0 Å². The maximum absolute atomic E-state index is 12.9. The number of nitrogens with zero attached hydrogens (tertiary/aromatic N) is 2. The monoisotopic (exact) mass is 427 g/mol. The molecule has 0 unspecified atom stereocenters. The summed E-state index contributed by atoms with van der Waals surface area (Å²) >= 11 is 0. The molecular formula is C26H25N3O3. The number of benzene rings is 3. The Bertz CT molecular complexity index is 1240. The summed E-state index contributed by atoms with van der Waals surface area (Å²) in [4.78, 5) is 12.9. The minimum absolute atomic E-state index is 0.0278. The van der Waals surface area contributed by atoms with Crippen LogP contribution >= 0.6 is 0 Å². The van der Waals surface area contributed by atoms with Gasteiger partial charge in [-0.3, -0.25) is 4.79 Å². The van der Waals surface area contributed by atoms with Crippen molar-refractivity contribution in [3.63, 3.8) is 0 Å². The van der Waals surface area contributed by atoms with Gasteiger partial charge in [0.25, 0.3) is 5.91 Å². The van der Waals surface area contributed by atoms with E-state index < -0.39 is 0 Å². The van der Waals surface area contributed by atoms with Crippen molar-refractivity contribution < 1.29 is 13.9 Å². The van der Waals surface area contributed by atoms with Gasteiger partial charge in [-0.05, 0) is 53.4 Å². The molecule has 0 aliphatic carbocycles. The van der Waals surface area contributed by atoms with Gasteiger partial charge >= 0.3 is 0 Å². The van der Waals surface area contributed by atoms with Crippen LogP contribution in [0.4, 0.5) is 5.69 Å². The zero-order chi connectivity index (χ0) is 22.7. The Kier molecular flexibility index (Phi) is 5.77. The molecule has 0 bridgehead atoms. The van der Waals surface area contributed by atoms with E-state index in [1.165, 1.54) is 5.56 Å². The fourth-order valence-electron chi connectivity index (χ4n) is 3.30. The second-order valence-electron chi connectivity index (χ2n) is 8.47. The van der Waals surface area contributed by atoms with Crippen molar-refractivity contribution in [3.8, 4) is 28.7 Å². The van der Waals surface area contributed by atoms with Gasteiger partial charge < -0.3 is 14.5 Å². The molecule has 4 rings (SSSR count). The minimum Gasteiger partial charge on any atom is -0.497 e. The number of amides is 1. The molecule has 1 aromatic heterocycles. The molecule has 0 saturated heterocycles. The van der Waals surface area contributed by atoms with Gasteiger partial charge in [0.05, 0.1) is 18.4 Å². The molecule has 0 aliphatic rings. The summed E-state index contributed by atoms with van der Waals surface area (Å²) < 4.78 is 11.2. The van der Waals surface area contributed by atoms with Crippen LogP contribution in [0, 0.1) is 0 Å². The largest absolute Gasteiger partial charge is 0.497 e. The third-order valence-electron chi connectivity index (χ3n) is 5.16. The first-order valence-corrected chi connectivity index (χ1v) is 10.3. The number of rotatable bonds is 5. The highest BCUT2D eigenvalue weighted by Gasteiger charge is 2.17. The molecule has 1 amide bonds. The highest BCUT2D eigenvalue weighted by molar-refractivity contribution is 6.06. The van der Waals surface area contributed by atoms with Gasteiger partial charge in [-0.25, -0.2) is 0 Å². The lowest BCUT2D eigenvalue weighted by Gasteiger charge is -2.19. The van der Waals surface area contributed by atoms with Gasteiger partial charge in [0.15, 0.2) is 0 Å². The summed E-state index contributed by atoms with van der Waals surface area (Å²) in [7, 11) is 1.61. The predicted molar refractivity (Wildman–Crippen MR) is 125 cm³/mol. The van der Waals surface area contributed by atoms with Crippen LogP contribution in [0.1, 0.15) is 36.7 Å². The van der Waals surface area contributed by atoms with Crippen molar-refractivity contribution in [2.45, 2.75) is 26.2 Å². The molecule has 6 heteroatoms. The Labute approximate surface area is 187 Å². The number of nitrogens with one attached hydrogen (secondary N) is 1. The number of anilines is 1.